The number of alkyl halides is 3. The molecule has 0 heterocycles. The third-order valence-electron chi connectivity index (χ3n) is 2.11. The monoisotopic (exact) mass is 258 g/mol. The highest BCUT2D eigenvalue weighted by atomic mass is 19.4. The lowest BCUT2D eigenvalue weighted by molar-refractivity contribution is -0.142. The normalized spacial score (nSPS) is 11.8. The molecule has 0 amide bonds. The van der Waals surface area contributed by atoms with Crippen LogP contribution < -0.4 is 0 Å². The first-order chi connectivity index (χ1) is 8.43. The van der Waals surface area contributed by atoms with Crippen LogP contribution in [0.3, 0.4) is 0 Å². The zero-order chi connectivity index (χ0) is 13.6. The molecule has 0 aliphatic carbocycles. The van der Waals surface area contributed by atoms with Gasteiger partial charge in [-0.25, -0.2) is 0 Å². The Balaban J connectivity index is 2.68. The van der Waals surface area contributed by atoms with Gasteiger partial charge in [0.25, 0.3) is 0 Å². The van der Waals surface area contributed by atoms with Gasteiger partial charge in [0, 0.05) is 0 Å². The highest BCUT2D eigenvalue weighted by Crippen LogP contribution is 2.29. The molecule has 0 aromatic heterocycles. The molecule has 0 unspecified atom stereocenters. The summed E-state index contributed by atoms with van der Waals surface area (Å²) in [5.74, 6) is -0.402. The summed E-state index contributed by atoms with van der Waals surface area (Å²) in [7, 11) is 0. The smallest absolute Gasteiger partial charge is 0.416 e. The molecule has 18 heavy (non-hydrogen) atoms. The van der Waals surface area contributed by atoms with Crippen LogP contribution in [0.4, 0.5) is 13.2 Å². The van der Waals surface area contributed by atoms with Crippen molar-refractivity contribution < 1.29 is 22.7 Å². The van der Waals surface area contributed by atoms with Crippen molar-refractivity contribution >= 4 is 12.0 Å². The number of rotatable bonds is 4. The molecule has 0 N–H and O–H groups in total. The topological polar surface area (TPSA) is 26.3 Å². The van der Waals surface area contributed by atoms with E-state index >= 15 is 0 Å². The quantitative estimate of drug-likeness (QED) is 0.770. The molecule has 1 aromatic rings. The van der Waals surface area contributed by atoms with Crippen LogP contribution in [0.25, 0.3) is 6.08 Å². The van der Waals surface area contributed by atoms with E-state index in [2.05, 4.69) is 4.74 Å². The SMILES string of the molecule is CCOC(=O)CC=Cc1cccc(C(F)(F)F)c1. The minimum atomic E-state index is -4.36. The van der Waals surface area contributed by atoms with Gasteiger partial charge in [-0.15, -0.1) is 0 Å². The first-order valence-electron chi connectivity index (χ1n) is 5.43. The molecule has 0 saturated carbocycles. The van der Waals surface area contributed by atoms with Crippen LogP contribution in [0.5, 0.6) is 0 Å². The fourth-order valence-corrected chi connectivity index (χ4v) is 1.33. The van der Waals surface area contributed by atoms with E-state index in [0.717, 1.165) is 12.1 Å². The van der Waals surface area contributed by atoms with E-state index in [1.54, 1.807) is 6.92 Å². The number of esters is 1. The second-order valence-corrected chi connectivity index (χ2v) is 3.53. The van der Waals surface area contributed by atoms with E-state index < -0.39 is 17.7 Å². The second kappa shape index (κ2) is 6.23. The van der Waals surface area contributed by atoms with E-state index in [1.807, 2.05) is 0 Å². The molecular formula is C13H13F3O2. The van der Waals surface area contributed by atoms with Crippen LogP contribution in [-0.2, 0) is 15.7 Å². The summed E-state index contributed by atoms with van der Waals surface area (Å²) in [5.41, 5.74) is -0.310. The standard InChI is InChI=1S/C13H13F3O2/c1-2-18-12(17)8-4-6-10-5-3-7-11(9-10)13(14,15)16/h3-7,9H,2,8H2,1H3. The van der Waals surface area contributed by atoms with E-state index in [4.69, 9.17) is 0 Å². The van der Waals surface area contributed by atoms with Crippen LogP contribution in [0.1, 0.15) is 24.5 Å². The zero-order valence-electron chi connectivity index (χ0n) is 9.83. The van der Waals surface area contributed by atoms with E-state index in [0.29, 0.717) is 5.56 Å². The average molecular weight is 258 g/mol. The predicted molar refractivity (Wildman–Crippen MR) is 61.7 cm³/mol. The first kappa shape index (κ1) is 14.3. The van der Waals surface area contributed by atoms with Crippen LogP contribution >= 0.6 is 0 Å². The molecular weight excluding hydrogens is 245 g/mol. The Morgan fingerprint density at radius 1 is 1.39 bits per heavy atom. The highest BCUT2D eigenvalue weighted by molar-refractivity contribution is 5.72. The first-order valence-corrected chi connectivity index (χ1v) is 5.43. The van der Waals surface area contributed by atoms with Crippen LogP contribution in [0.15, 0.2) is 30.3 Å². The zero-order valence-corrected chi connectivity index (χ0v) is 9.83. The van der Waals surface area contributed by atoms with Crippen molar-refractivity contribution in [2.75, 3.05) is 6.61 Å². The lowest BCUT2D eigenvalue weighted by Crippen LogP contribution is -2.04. The van der Waals surface area contributed by atoms with Gasteiger partial charge >= 0.3 is 12.1 Å². The fourth-order valence-electron chi connectivity index (χ4n) is 1.33. The van der Waals surface area contributed by atoms with Crippen molar-refractivity contribution in [1.82, 2.24) is 0 Å². The number of carbonyl (C=O) groups is 1. The number of hydrogen-bond donors (Lipinski definition) is 0. The van der Waals surface area contributed by atoms with Crippen molar-refractivity contribution in [3.63, 3.8) is 0 Å². The molecule has 0 bridgehead atoms. The van der Waals surface area contributed by atoms with Crippen LogP contribution in [0.2, 0.25) is 0 Å². The molecule has 0 aliphatic rings. The lowest BCUT2D eigenvalue weighted by atomic mass is 10.1. The highest BCUT2D eigenvalue weighted by Gasteiger charge is 2.30. The molecule has 98 valence electrons. The molecule has 0 atom stereocenters. The number of hydrogen-bond acceptors (Lipinski definition) is 2. The predicted octanol–water partition coefficient (Wildman–Crippen LogP) is 3.67. The summed E-state index contributed by atoms with van der Waals surface area (Å²) in [6.07, 6.45) is -1.37. The Bertz CT molecular complexity index is 436. The van der Waals surface area contributed by atoms with Gasteiger partial charge in [-0.3, -0.25) is 4.79 Å². The van der Waals surface area contributed by atoms with Crippen molar-refractivity contribution in [2.45, 2.75) is 19.5 Å². The summed E-state index contributed by atoms with van der Waals surface area (Å²) < 4.78 is 41.9. The fraction of sp³-hybridized carbons (Fsp3) is 0.308. The van der Waals surface area contributed by atoms with Crippen molar-refractivity contribution in [1.29, 1.82) is 0 Å². The molecule has 1 aromatic carbocycles. The van der Waals surface area contributed by atoms with Crippen LogP contribution in [0, 0.1) is 0 Å². The second-order valence-electron chi connectivity index (χ2n) is 3.53. The maximum Gasteiger partial charge on any atom is 0.416 e. The summed E-state index contributed by atoms with van der Waals surface area (Å²) in [6.45, 7) is 1.98. The van der Waals surface area contributed by atoms with Gasteiger partial charge in [0.1, 0.15) is 0 Å². The van der Waals surface area contributed by atoms with Gasteiger partial charge in [0.05, 0.1) is 18.6 Å². The number of benzene rings is 1. The lowest BCUT2D eigenvalue weighted by Gasteiger charge is -2.06. The Morgan fingerprint density at radius 3 is 2.72 bits per heavy atom. The Morgan fingerprint density at radius 2 is 2.11 bits per heavy atom. The van der Waals surface area contributed by atoms with Crippen molar-refractivity contribution in [2.24, 2.45) is 0 Å². The minimum Gasteiger partial charge on any atom is -0.466 e. The van der Waals surface area contributed by atoms with E-state index in [-0.39, 0.29) is 13.0 Å². The molecule has 0 spiro atoms. The molecule has 0 saturated heterocycles. The summed E-state index contributed by atoms with van der Waals surface area (Å²) in [6, 6.07) is 4.90. The van der Waals surface area contributed by atoms with Crippen LogP contribution in [-0.4, -0.2) is 12.6 Å². The van der Waals surface area contributed by atoms with Gasteiger partial charge in [0.2, 0.25) is 0 Å². The average Bonchev–Trinajstić information content (AvgIpc) is 2.29. The van der Waals surface area contributed by atoms with Gasteiger partial charge in [-0.1, -0.05) is 24.3 Å². The number of halogens is 3. The Hall–Kier alpha value is -1.78. The maximum absolute atomic E-state index is 12.4. The Labute approximate surface area is 103 Å². The van der Waals surface area contributed by atoms with Gasteiger partial charge < -0.3 is 4.74 Å². The number of carbonyl (C=O) groups excluding carboxylic acids is 1. The minimum absolute atomic E-state index is 0.0457. The molecule has 5 heteroatoms. The Kier molecular flexibility index (Phi) is 4.95. The largest absolute Gasteiger partial charge is 0.466 e. The molecule has 0 aliphatic heterocycles. The van der Waals surface area contributed by atoms with Crippen molar-refractivity contribution in [3.8, 4) is 0 Å². The van der Waals surface area contributed by atoms with Gasteiger partial charge in [0.15, 0.2) is 0 Å². The van der Waals surface area contributed by atoms with E-state index in [1.165, 1.54) is 24.3 Å². The van der Waals surface area contributed by atoms with Crippen molar-refractivity contribution in [3.05, 3.63) is 41.5 Å². The van der Waals surface area contributed by atoms with Gasteiger partial charge in [-0.2, -0.15) is 13.2 Å². The summed E-state index contributed by atoms with van der Waals surface area (Å²) in [4.78, 5) is 11.0. The third-order valence-corrected chi connectivity index (χ3v) is 2.11. The summed E-state index contributed by atoms with van der Waals surface area (Å²) >= 11 is 0. The molecule has 1 rings (SSSR count). The maximum atomic E-state index is 12.4. The number of ether oxygens (including phenoxy) is 1. The molecule has 2 nitrogen and oxygen atoms in total. The molecule has 0 fully saturated rings. The third kappa shape index (κ3) is 4.61. The van der Waals surface area contributed by atoms with Gasteiger partial charge in [-0.05, 0) is 24.6 Å². The molecule has 0 radical (unpaired) electrons. The van der Waals surface area contributed by atoms with E-state index in [9.17, 15) is 18.0 Å². The summed E-state index contributed by atoms with van der Waals surface area (Å²) in [5, 5.41) is 0.